The number of nitrogens with zero attached hydrogens (tertiary/aromatic N) is 4. The second-order valence-corrected chi connectivity index (χ2v) is 6.23. The van der Waals surface area contributed by atoms with Gasteiger partial charge in [-0.3, -0.25) is 9.48 Å². The van der Waals surface area contributed by atoms with Crippen molar-refractivity contribution in [3.63, 3.8) is 0 Å². The van der Waals surface area contributed by atoms with Crippen LogP contribution in [-0.4, -0.2) is 43.4 Å². The maximum Gasteiger partial charge on any atom is 0.438 e. The van der Waals surface area contributed by atoms with Crippen LogP contribution in [0.25, 0.3) is 0 Å². The first-order valence-corrected chi connectivity index (χ1v) is 7.45. The van der Waals surface area contributed by atoms with Crippen molar-refractivity contribution in [1.82, 2.24) is 14.8 Å². The zero-order valence-corrected chi connectivity index (χ0v) is 14.0. The van der Waals surface area contributed by atoms with Gasteiger partial charge < -0.3 is 5.11 Å². The van der Waals surface area contributed by atoms with E-state index in [-0.39, 0.29) is 16.4 Å². The van der Waals surface area contributed by atoms with E-state index in [0.29, 0.717) is 0 Å². The summed E-state index contributed by atoms with van der Waals surface area (Å²) in [6.45, 7) is 3.36. The van der Waals surface area contributed by atoms with Crippen LogP contribution < -0.4 is 0 Å². The number of carbonyl (C=O) groups excluding carboxylic acids is 1. The molecule has 1 aromatic rings. The fraction of sp³-hybridized carbons (Fsp3) is 0.643. The molecule has 0 aliphatic carbocycles. The second-order valence-electron chi connectivity index (χ2n) is 6.23. The van der Waals surface area contributed by atoms with Crippen LogP contribution in [0.4, 0.5) is 26.3 Å². The molecule has 0 fully saturated rings. The lowest BCUT2D eigenvalue weighted by Crippen LogP contribution is -2.57. The Morgan fingerprint density at radius 3 is 2.35 bits per heavy atom. The summed E-state index contributed by atoms with van der Waals surface area (Å²) in [5.74, 6) is -2.39. The highest BCUT2D eigenvalue weighted by molar-refractivity contribution is 5.89. The lowest BCUT2D eigenvalue weighted by atomic mass is 10.0. The van der Waals surface area contributed by atoms with Gasteiger partial charge in [-0.1, -0.05) is 6.92 Å². The Morgan fingerprint density at radius 1 is 1.31 bits per heavy atom. The van der Waals surface area contributed by atoms with Crippen molar-refractivity contribution in [3.05, 3.63) is 17.5 Å². The van der Waals surface area contributed by atoms with Gasteiger partial charge in [0.1, 0.15) is 0 Å². The fourth-order valence-corrected chi connectivity index (χ4v) is 2.55. The van der Waals surface area contributed by atoms with Crippen molar-refractivity contribution in [2.24, 2.45) is 11.0 Å². The molecule has 1 amide bonds. The molecule has 1 N–H and O–H groups in total. The first kappa shape index (κ1) is 20.2. The Labute approximate surface area is 144 Å². The van der Waals surface area contributed by atoms with Gasteiger partial charge in [0.05, 0.1) is 12.5 Å². The average Bonchev–Trinajstić information content (AvgIpc) is 2.98. The standard InChI is InChI=1S/C14H16F6N4O2/c1-7(6-23-9(3)4-10(22-23)13(15,16)17)11(25)24-12(26,14(18,19)20)5-8(2)21-24/h4,7,26H,5-6H2,1-3H3/t7-,12-/m1/s1. The smallest absolute Gasteiger partial charge is 0.362 e. The molecule has 0 unspecified atom stereocenters. The van der Waals surface area contributed by atoms with Gasteiger partial charge >= 0.3 is 12.4 Å². The SMILES string of the molecule is CC1=NN(C(=O)[C@H](C)Cn2nc(C(F)(F)F)cc2C)[C@](O)(C(F)(F)F)C1. The lowest BCUT2D eigenvalue weighted by molar-refractivity contribution is -0.303. The molecule has 6 nitrogen and oxygen atoms in total. The van der Waals surface area contributed by atoms with Gasteiger partial charge in [0, 0.05) is 17.8 Å². The Kier molecular flexibility index (Phi) is 4.86. The van der Waals surface area contributed by atoms with Gasteiger partial charge in [-0.15, -0.1) is 0 Å². The molecular formula is C14H16F6N4O2. The average molecular weight is 386 g/mol. The number of carbonyl (C=O) groups is 1. The Morgan fingerprint density at radius 2 is 1.88 bits per heavy atom. The molecule has 2 rings (SSSR count). The molecule has 0 saturated heterocycles. The predicted molar refractivity (Wildman–Crippen MR) is 76.7 cm³/mol. The van der Waals surface area contributed by atoms with Crippen molar-refractivity contribution in [2.45, 2.75) is 51.8 Å². The van der Waals surface area contributed by atoms with Crippen molar-refractivity contribution in [2.75, 3.05) is 0 Å². The highest BCUT2D eigenvalue weighted by Crippen LogP contribution is 2.41. The van der Waals surface area contributed by atoms with E-state index in [1.807, 2.05) is 0 Å². The maximum absolute atomic E-state index is 13.2. The molecule has 1 aliphatic rings. The van der Waals surface area contributed by atoms with E-state index in [9.17, 15) is 36.2 Å². The van der Waals surface area contributed by atoms with Gasteiger partial charge in [0.25, 0.3) is 5.72 Å². The molecule has 1 aliphatic heterocycles. The molecule has 0 saturated carbocycles. The normalized spacial score (nSPS) is 22.5. The maximum atomic E-state index is 13.2. The number of hydrogen-bond acceptors (Lipinski definition) is 4. The third-order valence-electron chi connectivity index (χ3n) is 3.93. The minimum atomic E-state index is -5.14. The Hall–Kier alpha value is -2.11. The fourth-order valence-electron chi connectivity index (χ4n) is 2.55. The van der Waals surface area contributed by atoms with Gasteiger partial charge in [0.2, 0.25) is 5.91 Å². The van der Waals surface area contributed by atoms with Crippen molar-refractivity contribution < 1.29 is 36.2 Å². The zero-order valence-electron chi connectivity index (χ0n) is 14.0. The van der Waals surface area contributed by atoms with Crippen LogP contribution in [0.2, 0.25) is 0 Å². The molecule has 146 valence electrons. The highest BCUT2D eigenvalue weighted by atomic mass is 19.4. The number of aromatic nitrogens is 2. The van der Waals surface area contributed by atoms with Crippen molar-refractivity contribution in [1.29, 1.82) is 0 Å². The van der Waals surface area contributed by atoms with E-state index in [0.717, 1.165) is 10.7 Å². The molecular weight excluding hydrogens is 370 g/mol. The first-order valence-electron chi connectivity index (χ1n) is 7.45. The number of amides is 1. The number of halogens is 6. The molecule has 0 spiro atoms. The molecule has 26 heavy (non-hydrogen) atoms. The summed E-state index contributed by atoms with van der Waals surface area (Å²) < 4.78 is 78.4. The lowest BCUT2D eigenvalue weighted by Gasteiger charge is -2.34. The van der Waals surface area contributed by atoms with Crippen LogP contribution in [0.5, 0.6) is 0 Å². The third-order valence-corrected chi connectivity index (χ3v) is 3.93. The van der Waals surface area contributed by atoms with Crippen LogP contribution in [0.15, 0.2) is 11.2 Å². The van der Waals surface area contributed by atoms with Crippen LogP contribution >= 0.6 is 0 Å². The summed E-state index contributed by atoms with van der Waals surface area (Å²) in [7, 11) is 0. The van der Waals surface area contributed by atoms with E-state index in [1.54, 1.807) is 0 Å². The topological polar surface area (TPSA) is 70.7 Å². The van der Waals surface area contributed by atoms with E-state index in [4.69, 9.17) is 0 Å². The largest absolute Gasteiger partial charge is 0.438 e. The number of aryl methyl sites for hydroxylation is 1. The van der Waals surface area contributed by atoms with Gasteiger partial charge in [0.15, 0.2) is 5.69 Å². The number of aliphatic hydroxyl groups is 1. The van der Waals surface area contributed by atoms with Gasteiger partial charge in [-0.05, 0) is 19.9 Å². The number of rotatable bonds is 3. The highest BCUT2D eigenvalue weighted by Gasteiger charge is 2.63. The summed E-state index contributed by atoms with van der Waals surface area (Å²) in [6, 6.07) is 0.765. The number of hydrazone groups is 1. The van der Waals surface area contributed by atoms with Crippen molar-refractivity contribution >= 4 is 11.6 Å². The van der Waals surface area contributed by atoms with E-state index in [1.165, 1.54) is 20.8 Å². The minimum absolute atomic E-state index is 0.0451. The molecule has 2 heterocycles. The number of alkyl halides is 6. The molecule has 12 heteroatoms. The predicted octanol–water partition coefficient (Wildman–Crippen LogP) is 2.71. The van der Waals surface area contributed by atoms with Gasteiger partial charge in [-0.2, -0.15) is 41.6 Å². The summed E-state index contributed by atoms with van der Waals surface area (Å²) in [5.41, 5.74) is -4.65. The van der Waals surface area contributed by atoms with Gasteiger partial charge in [-0.25, -0.2) is 0 Å². The van der Waals surface area contributed by atoms with Crippen LogP contribution in [0.3, 0.4) is 0 Å². The summed E-state index contributed by atoms with van der Waals surface area (Å²) >= 11 is 0. The first-order chi connectivity index (χ1) is 11.7. The van der Waals surface area contributed by atoms with E-state index < -0.39 is 48.6 Å². The quantitative estimate of drug-likeness (QED) is 0.812. The van der Waals surface area contributed by atoms with E-state index >= 15 is 0 Å². The summed E-state index contributed by atoms with van der Waals surface area (Å²) in [4.78, 5) is 12.4. The second kappa shape index (κ2) is 6.25. The third kappa shape index (κ3) is 3.55. The molecule has 0 aromatic carbocycles. The molecule has 2 atom stereocenters. The Balaban J connectivity index is 2.24. The molecule has 0 radical (unpaired) electrons. The summed E-state index contributed by atoms with van der Waals surface area (Å²) in [5, 5.41) is 16.6. The monoisotopic (exact) mass is 386 g/mol. The minimum Gasteiger partial charge on any atom is -0.362 e. The molecule has 0 bridgehead atoms. The van der Waals surface area contributed by atoms with E-state index in [2.05, 4.69) is 10.2 Å². The van der Waals surface area contributed by atoms with Crippen LogP contribution in [0, 0.1) is 12.8 Å². The van der Waals surface area contributed by atoms with Crippen LogP contribution in [-0.2, 0) is 17.5 Å². The van der Waals surface area contributed by atoms with Crippen molar-refractivity contribution in [3.8, 4) is 0 Å². The Bertz CT molecular complexity index is 739. The summed E-state index contributed by atoms with van der Waals surface area (Å²) in [6.07, 6.45) is -10.7. The molecule has 1 aromatic heterocycles. The number of hydrogen-bond donors (Lipinski definition) is 1. The zero-order chi connectivity index (χ0) is 20.1. The van der Waals surface area contributed by atoms with Crippen LogP contribution in [0.1, 0.15) is 31.7 Å².